The van der Waals surface area contributed by atoms with Gasteiger partial charge in [-0.05, 0) is 26.0 Å². The molecule has 1 unspecified atom stereocenters. The van der Waals surface area contributed by atoms with Gasteiger partial charge in [-0.3, -0.25) is 0 Å². The number of hydrogen-bond donors (Lipinski definition) is 0. The second-order valence-corrected chi connectivity index (χ2v) is 5.31. The highest BCUT2D eigenvalue weighted by Gasteiger charge is 2.15. The third kappa shape index (κ3) is 3.25. The van der Waals surface area contributed by atoms with E-state index in [1.807, 2.05) is 38.1 Å². The van der Waals surface area contributed by atoms with Crippen LogP contribution in [0, 0.1) is 0 Å². The van der Waals surface area contributed by atoms with Gasteiger partial charge in [0.05, 0.1) is 5.75 Å². The van der Waals surface area contributed by atoms with Gasteiger partial charge >= 0.3 is 0 Å². The molecule has 3 rings (SSSR count). The van der Waals surface area contributed by atoms with Crippen LogP contribution >= 0.6 is 11.8 Å². The van der Waals surface area contributed by atoms with Crippen LogP contribution in [0.25, 0.3) is 11.1 Å². The van der Waals surface area contributed by atoms with Crippen LogP contribution in [0.5, 0.6) is 0 Å². The van der Waals surface area contributed by atoms with Gasteiger partial charge in [-0.25, -0.2) is 4.98 Å². The van der Waals surface area contributed by atoms with Gasteiger partial charge in [-0.15, -0.1) is 0 Å². The van der Waals surface area contributed by atoms with Gasteiger partial charge < -0.3 is 13.7 Å². The van der Waals surface area contributed by atoms with Crippen LogP contribution in [0.1, 0.15) is 31.7 Å². The fourth-order valence-corrected chi connectivity index (χ4v) is 2.53. The normalized spacial score (nSPS) is 12.9. The molecule has 0 spiro atoms. The van der Waals surface area contributed by atoms with Gasteiger partial charge in [0.15, 0.2) is 11.4 Å². The Labute approximate surface area is 125 Å². The number of ether oxygens (including phenoxy) is 1. The van der Waals surface area contributed by atoms with Crippen LogP contribution in [-0.4, -0.2) is 21.7 Å². The average Bonchev–Trinajstić information content (AvgIpc) is 3.11. The average molecular weight is 305 g/mol. The standard InChI is InChI=1S/C14H15N3O3S/c1-3-18-9(2)13-16-12(20-17-13)8-21-14-15-10-6-4-5-7-11(10)19-14/h4-7,9H,3,8H2,1-2H3. The number of thioether (sulfide) groups is 1. The van der Waals surface area contributed by atoms with E-state index in [1.54, 1.807) is 0 Å². The molecule has 2 aromatic heterocycles. The minimum atomic E-state index is -0.165. The first-order valence-corrected chi connectivity index (χ1v) is 7.67. The second kappa shape index (κ2) is 6.28. The first kappa shape index (κ1) is 14.1. The van der Waals surface area contributed by atoms with E-state index >= 15 is 0 Å². The maximum absolute atomic E-state index is 5.62. The molecule has 0 radical (unpaired) electrons. The molecule has 0 saturated carbocycles. The van der Waals surface area contributed by atoms with E-state index in [9.17, 15) is 0 Å². The Morgan fingerprint density at radius 1 is 1.29 bits per heavy atom. The second-order valence-electron chi connectivity index (χ2n) is 4.38. The molecule has 0 aliphatic carbocycles. The molecular formula is C14H15N3O3S. The number of rotatable bonds is 6. The predicted molar refractivity (Wildman–Crippen MR) is 77.9 cm³/mol. The van der Waals surface area contributed by atoms with Crippen molar-refractivity contribution in [3.63, 3.8) is 0 Å². The molecule has 110 valence electrons. The van der Waals surface area contributed by atoms with E-state index in [0.717, 1.165) is 11.1 Å². The summed E-state index contributed by atoms with van der Waals surface area (Å²) < 4.78 is 16.2. The molecule has 0 N–H and O–H groups in total. The van der Waals surface area contributed by atoms with E-state index in [0.29, 0.717) is 29.3 Å². The minimum Gasteiger partial charge on any atom is -0.431 e. The summed E-state index contributed by atoms with van der Waals surface area (Å²) >= 11 is 1.42. The third-order valence-corrected chi connectivity index (χ3v) is 3.67. The number of fused-ring (bicyclic) bond motifs is 1. The minimum absolute atomic E-state index is 0.165. The summed E-state index contributed by atoms with van der Waals surface area (Å²) in [6, 6.07) is 7.65. The van der Waals surface area contributed by atoms with Crippen LogP contribution in [0.4, 0.5) is 0 Å². The van der Waals surface area contributed by atoms with E-state index in [-0.39, 0.29) is 6.10 Å². The SMILES string of the molecule is CCOC(C)c1noc(CSc2nc3ccccc3o2)n1. The van der Waals surface area contributed by atoms with Crippen molar-refractivity contribution in [3.05, 3.63) is 36.0 Å². The summed E-state index contributed by atoms with van der Waals surface area (Å²) in [5.74, 6) is 1.60. The summed E-state index contributed by atoms with van der Waals surface area (Å²) in [6.07, 6.45) is -0.165. The molecule has 1 atom stereocenters. The van der Waals surface area contributed by atoms with E-state index in [4.69, 9.17) is 13.7 Å². The molecule has 1 aromatic carbocycles. The Balaban J connectivity index is 1.64. The lowest BCUT2D eigenvalue weighted by Crippen LogP contribution is -2.01. The van der Waals surface area contributed by atoms with Crippen molar-refractivity contribution in [1.82, 2.24) is 15.1 Å². The van der Waals surface area contributed by atoms with Crippen molar-refractivity contribution in [3.8, 4) is 0 Å². The van der Waals surface area contributed by atoms with Crippen molar-refractivity contribution in [2.75, 3.05) is 6.61 Å². The first-order valence-electron chi connectivity index (χ1n) is 6.68. The van der Waals surface area contributed by atoms with E-state index in [2.05, 4.69) is 15.1 Å². The summed E-state index contributed by atoms with van der Waals surface area (Å²) in [6.45, 7) is 4.44. The highest BCUT2D eigenvalue weighted by Crippen LogP contribution is 2.26. The number of oxazole rings is 1. The molecule has 0 bridgehead atoms. The van der Waals surface area contributed by atoms with Crippen molar-refractivity contribution >= 4 is 22.9 Å². The summed E-state index contributed by atoms with van der Waals surface area (Å²) in [5, 5.41) is 4.51. The highest BCUT2D eigenvalue weighted by molar-refractivity contribution is 7.98. The van der Waals surface area contributed by atoms with Crippen molar-refractivity contribution in [2.24, 2.45) is 0 Å². The smallest absolute Gasteiger partial charge is 0.257 e. The maximum Gasteiger partial charge on any atom is 0.257 e. The quantitative estimate of drug-likeness (QED) is 0.644. The lowest BCUT2D eigenvalue weighted by Gasteiger charge is -2.04. The van der Waals surface area contributed by atoms with E-state index < -0.39 is 0 Å². The van der Waals surface area contributed by atoms with Crippen LogP contribution in [0.3, 0.4) is 0 Å². The predicted octanol–water partition coefficient (Wildman–Crippen LogP) is 3.60. The van der Waals surface area contributed by atoms with Crippen molar-refractivity contribution in [2.45, 2.75) is 30.9 Å². The number of aromatic nitrogens is 3. The Hall–Kier alpha value is -1.86. The highest BCUT2D eigenvalue weighted by atomic mass is 32.2. The molecule has 3 aromatic rings. The molecule has 6 nitrogen and oxygen atoms in total. The zero-order valence-electron chi connectivity index (χ0n) is 11.8. The van der Waals surface area contributed by atoms with Crippen molar-refractivity contribution < 1.29 is 13.7 Å². The Morgan fingerprint density at radius 3 is 2.95 bits per heavy atom. The molecule has 0 fully saturated rings. The summed E-state index contributed by atoms with van der Waals surface area (Å²) in [4.78, 5) is 8.69. The third-order valence-electron chi connectivity index (χ3n) is 2.86. The van der Waals surface area contributed by atoms with Crippen LogP contribution in [0.15, 0.2) is 38.4 Å². The van der Waals surface area contributed by atoms with Gasteiger partial charge in [0, 0.05) is 6.61 Å². The molecule has 7 heteroatoms. The number of nitrogens with zero attached hydrogens (tertiary/aromatic N) is 3. The zero-order chi connectivity index (χ0) is 14.7. The molecule has 0 saturated heterocycles. The van der Waals surface area contributed by atoms with Crippen molar-refractivity contribution in [1.29, 1.82) is 0 Å². The largest absolute Gasteiger partial charge is 0.431 e. The maximum atomic E-state index is 5.62. The first-order chi connectivity index (χ1) is 10.3. The topological polar surface area (TPSA) is 74.2 Å². The van der Waals surface area contributed by atoms with Crippen LogP contribution in [-0.2, 0) is 10.5 Å². The fourth-order valence-electron chi connectivity index (χ4n) is 1.85. The molecular weight excluding hydrogens is 290 g/mol. The van der Waals surface area contributed by atoms with Gasteiger partial charge in [-0.2, -0.15) is 4.98 Å². The fraction of sp³-hybridized carbons (Fsp3) is 0.357. The zero-order valence-corrected chi connectivity index (χ0v) is 12.6. The molecule has 2 heterocycles. The molecule has 0 aliphatic rings. The van der Waals surface area contributed by atoms with Gasteiger partial charge in [0.25, 0.3) is 5.22 Å². The van der Waals surface area contributed by atoms with Gasteiger partial charge in [-0.1, -0.05) is 29.1 Å². The Kier molecular flexibility index (Phi) is 4.21. The Bertz CT molecular complexity index is 692. The number of benzene rings is 1. The van der Waals surface area contributed by atoms with Gasteiger partial charge in [0.2, 0.25) is 5.89 Å². The van der Waals surface area contributed by atoms with Gasteiger partial charge in [0.1, 0.15) is 11.6 Å². The van der Waals surface area contributed by atoms with E-state index in [1.165, 1.54) is 11.8 Å². The summed E-state index contributed by atoms with van der Waals surface area (Å²) in [5.41, 5.74) is 1.62. The number of para-hydroxylation sites is 2. The molecule has 0 aliphatic heterocycles. The summed E-state index contributed by atoms with van der Waals surface area (Å²) in [7, 11) is 0. The lowest BCUT2D eigenvalue weighted by molar-refractivity contribution is 0.0683. The Morgan fingerprint density at radius 2 is 2.14 bits per heavy atom. The molecule has 0 amide bonds. The number of hydrogen-bond acceptors (Lipinski definition) is 7. The lowest BCUT2D eigenvalue weighted by atomic mass is 10.3. The molecule has 21 heavy (non-hydrogen) atoms. The van der Waals surface area contributed by atoms with Crippen LogP contribution in [0.2, 0.25) is 0 Å². The van der Waals surface area contributed by atoms with Crippen LogP contribution < -0.4 is 0 Å². The monoisotopic (exact) mass is 305 g/mol.